The van der Waals surface area contributed by atoms with Crippen LogP contribution in [0.2, 0.25) is 0 Å². The molecule has 0 aliphatic carbocycles. The minimum Gasteiger partial charge on any atom is -0.391 e. The SMILES string of the molecule is CCNC(=NCc1cc(F)cc(Br)c1)N1CC[C@@H](O)C1. The monoisotopic (exact) mass is 343 g/mol. The third-order valence-electron chi connectivity index (χ3n) is 3.13. The smallest absolute Gasteiger partial charge is 0.194 e. The van der Waals surface area contributed by atoms with Gasteiger partial charge in [0.2, 0.25) is 0 Å². The summed E-state index contributed by atoms with van der Waals surface area (Å²) in [4.78, 5) is 6.55. The zero-order chi connectivity index (χ0) is 14.5. The second-order valence-electron chi connectivity index (χ2n) is 4.84. The molecule has 0 bridgehead atoms. The molecule has 0 aromatic heterocycles. The van der Waals surface area contributed by atoms with E-state index in [1.807, 2.05) is 17.9 Å². The lowest BCUT2D eigenvalue weighted by molar-refractivity contribution is 0.188. The van der Waals surface area contributed by atoms with Gasteiger partial charge in [-0.1, -0.05) is 15.9 Å². The van der Waals surface area contributed by atoms with E-state index in [2.05, 4.69) is 26.2 Å². The van der Waals surface area contributed by atoms with E-state index in [9.17, 15) is 9.50 Å². The average molecular weight is 344 g/mol. The molecule has 2 rings (SSSR count). The first-order valence-electron chi connectivity index (χ1n) is 6.74. The summed E-state index contributed by atoms with van der Waals surface area (Å²) in [5, 5.41) is 12.8. The molecular weight excluding hydrogens is 325 g/mol. The number of aliphatic hydroxyl groups is 1. The maximum Gasteiger partial charge on any atom is 0.194 e. The van der Waals surface area contributed by atoms with Crippen molar-refractivity contribution < 1.29 is 9.50 Å². The molecule has 1 aliphatic rings. The minimum absolute atomic E-state index is 0.272. The molecular formula is C14H19BrFN3O. The molecule has 4 nitrogen and oxygen atoms in total. The van der Waals surface area contributed by atoms with Gasteiger partial charge >= 0.3 is 0 Å². The highest BCUT2D eigenvalue weighted by atomic mass is 79.9. The Hall–Kier alpha value is -1.14. The number of halogens is 2. The van der Waals surface area contributed by atoms with E-state index in [4.69, 9.17) is 0 Å². The number of hydrogen-bond acceptors (Lipinski definition) is 2. The lowest BCUT2D eigenvalue weighted by Gasteiger charge is -2.20. The predicted octanol–water partition coefficient (Wildman–Crippen LogP) is 2.12. The van der Waals surface area contributed by atoms with Crippen LogP contribution in [-0.2, 0) is 6.54 Å². The Kier molecular flexibility index (Phi) is 5.37. The van der Waals surface area contributed by atoms with Gasteiger partial charge in [0.1, 0.15) is 5.82 Å². The van der Waals surface area contributed by atoms with Crippen molar-refractivity contribution in [2.75, 3.05) is 19.6 Å². The zero-order valence-electron chi connectivity index (χ0n) is 11.4. The van der Waals surface area contributed by atoms with Crippen LogP contribution in [0, 0.1) is 5.82 Å². The number of aliphatic imine (C=N–C) groups is 1. The highest BCUT2D eigenvalue weighted by Crippen LogP contribution is 2.16. The van der Waals surface area contributed by atoms with Crippen LogP contribution in [0.15, 0.2) is 27.7 Å². The molecule has 0 amide bonds. The third-order valence-corrected chi connectivity index (χ3v) is 3.59. The number of nitrogens with zero attached hydrogens (tertiary/aromatic N) is 2. The van der Waals surface area contributed by atoms with Gasteiger partial charge in [0, 0.05) is 24.1 Å². The Morgan fingerprint density at radius 1 is 1.55 bits per heavy atom. The molecule has 1 aromatic rings. The van der Waals surface area contributed by atoms with Gasteiger partial charge in [0.05, 0.1) is 12.6 Å². The molecule has 2 N–H and O–H groups in total. The third kappa shape index (κ3) is 4.18. The molecule has 0 saturated carbocycles. The van der Waals surface area contributed by atoms with E-state index in [1.54, 1.807) is 0 Å². The van der Waals surface area contributed by atoms with Crippen LogP contribution in [0.5, 0.6) is 0 Å². The highest BCUT2D eigenvalue weighted by Gasteiger charge is 2.22. The molecule has 110 valence electrons. The Bertz CT molecular complexity index is 475. The van der Waals surface area contributed by atoms with E-state index in [1.165, 1.54) is 12.1 Å². The number of aliphatic hydroxyl groups excluding tert-OH is 1. The van der Waals surface area contributed by atoms with Crippen LogP contribution >= 0.6 is 15.9 Å². The van der Waals surface area contributed by atoms with Crippen molar-refractivity contribution in [1.29, 1.82) is 0 Å². The maximum absolute atomic E-state index is 13.3. The molecule has 0 spiro atoms. The van der Waals surface area contributed by atoms with Crippen molar-refractivity contribution in [3.8, 4) is 0 Å². The summed E-state index contributed by atoms with van der Waals surface area (Å²) in [5.41, 5.74) is 0.812. The fraction of sp³-hybridized carbons (Fsp3) is 0.500. The summed E-state index contributed by atoms with van der Waals surface area (Å²) < 4.78 is 14.0. The molecule has 20 heavy (non-hydrogen) atoms. The normalized spacial score (nSPS) is 19.5. The second kappa shape index (κ2) is 7.04. The van der Waals surface area contributed by atoms with Crippen LogP contribution in [0.3, 0.4) is 0 Å². The summed E-state index contributed by atoms with van der Waals surface area (Å²) >= 11 is 3.28. The molecule has 0 radical (unpaired) electrons. The lowest BCUT2D eigenvalue weighted by Crippen LogP contribution is -2.40. The molecule has 6 heteroatoms. The van der Waals surface area contributed by atoms with Crippen LogP contribution in [0.1, 0.15) is 18.9 Å². The van der Waals surface area contributed by atoms with Gasteiger partial charge in [-0.05, 0) is 37.1 Å². The summed E-state index contributed by atoms with van der Waals surface area (Å²) in [6, 6.07) is 4.76. The number of nitrogens with one attached hydrogen (secondary N) is 1. The lowest BCUT2D eigenvalue weighted by atomic mass is 10.2. The highest BCUT2D eigenvalue weighted by molar-refractivity contribution is 9.10. The number of hydrogen-bond donors (Lipinski definition) is 2. The fourth-order valence-corrected chi connectivity index (χ4v) is 2.74. The molecule has 1 aliphatic heterocycles. The van der Waals surface area contributed by atoms with E-state index >= 15 is 0 Å². The predicted molar refractivity (Wildman–Crippen MR) is 81.1 cm³/mol. The number of β-amino-alcohol motifs (C(OH)–C–C–N with tert-alkyl or cyclic N) is 1. The quantitative estimate of drug-likeness (QED) is 0.652. The summed E-state index contributed by atoms with van der Waals surface area (Å²) in [7, 11) is 0. The van der Waals surface area contributed by atoms with E-state index in [0.29, 0.717) is 17.6 Å². The van der Waals surface area contributed by atoms with E-state index in [-0.39, 0.29) is 11.9 Å². The fourth-order valence-electron chi connectivity index (χ4n) is 2.23. The topological polar surface area (TPSA) is 47.9 Å². The van der Waals surface area contributed by atoms with Crippen LogP contribution in [-0.4, -0.2) is 41.7 Å². The van der Waals surface area contributed by atoms with Crippen LogP contribution in [0.25, 0.3) is 0 Å². The molecule has 0 unspecified atom stereocenters. The van der Waals surface area contributed by atoms with Crippen LogP contribution < -0.4 is 5.32 Å². The van der Waals surface area contributed by atoms with Gasteiger partial charge in [-0.3, -0.25) is 0 Å². The van der Waals surface area contributed by atoms with Gasteiger partial charge < -0.3 is 15.3 Å². The van der Waals surface area contributed by atoms with Crippen molar-refractivity contribution >= 4 is 21.9 Å². The summed E-state index contributed by atoms with van der Waals surface area (Å²) in [5.74, 6) is 0.496. The number of rotatable bonds is 3. The Morgan fingerprint density at radius 2 is 2.35 bits per heavy atom. The van der Waals surface area contributed by atoms with Crippen molar-refractivity contribution in [3.05, 3.63) is 34.1 Å². The molecule has 1 atom stereocenters. The Morgan fingerprint density at radius 3 is 2.95 bits per heavy atom. The van der Waals surface area contributed by atoms with Crippen LogP contribution in [0.4, 0.5) is 4.39 Å². The summed E-state index contributed by atoms with van der Waals surface area (Å²) in [6.45, 7) is 4.56. The molecule has 1 heterocycles. The standard InChI is InChI=1S/C14H19BrFN3O/c1-2-17-14(19-4-3-13(20)9-19)18-8-10-5-11(15)7-12(16)6-10/h5-7,13,20H,2-4,8-9H2,1H3,(H,17,18)/t13-/m1/s1. The van der Waals surface area contributed by atoms with Crippen molar-refractivity contribution in [2.24, 2.45) is 4.99 Å². The average Bonchev–Trinajstić information content (AvgIpc) is 2.80. The first-order valence-corrected chi connectivity index (χ1v) is 7.54. The largest absolute Gasteiger partial charge is 0.391 e. The summed E-state index contributed by atoms with van der Waals surface area (Å²) in [6.07, 6.45) is 0.470. The van der Waals surface area contributed by atoms with Gasteiger partial charge in [0.15, 0.2) is 5.96 Å². The zero-order valence-corrected chi connectivity index (χ0v) is 13.0. The number of benzene rings is 1. The minimum atomic E-state index is -0.290. The Balaban J connectivity index is 2.08. The molecule has 1 fully saturated rings. The van der Waals surface area contributed by atoms with Gasteiger partial charge in [-0.15, -0.1) is 0 Å². The first kappa shape index (κ1) is 15.3. The van der Waals surface area contributed by atoms with Crippen molar-refractivity contribution in [3.63, 3.8) is 0 Å². The second-order valence-corrected chi connectivity index (χ2v) is 5.75. The number of likely N-dealkylation sites (tertiary alicyclic amines) is 1. The van der Waals surface area contributed by atoms with Crippen molar-refractivity contribution in [1.82, 2.24) is 10.2 Å². The van der Waals surface area contributed by atoms with Gasteiger partial charge in [0.25, 0.3) is 0 Å². The van der Waals surface area contributed by atoms with E-state index < -0.39 is 0 Å². The van der Waals surface area contributed by atoms with E-state index in [0.717, 1.165) is 31.0 Å². The first-order chi connectivity index (χ1) is 9.58. The maximum atomic E-state index is 13.3. The van der Waals surface area contributed by atoms with Gasteiger partial charge in [-0.2, -0.15) is 0 Å². The molecule has 1 aromatic carbocycles. The number of guanidine groups is 1. The van der Waals surface area contributed by atoms with Gasteiger partial charge in [-0.25, -0.2) is 9.38 Å². The Labute approximate surface area is 126 Å². The van der Waals surface area contributed by atoms with Crippen molar-refractivity contribution in [2.45, 2.75) is 26.0 Å². The molecule has 1 saturated heterocycles.